The molecule has 8 nitrogen and oxygen atoms in total. The predicted molar refractivity (Wildman–Crippen MR) is 192 cm³/mol. The third kappa shape index (κ3) is 4.92. The summed E-state index contributed by atoms with van der Waals surface area (Å²) >= 11 is 3.72. The summed E-state index contributed by atoms with van der Waals surface area (Å²) in [4.78, 5) is 18.0. The van der Waals surface area contributed by atoms with E-state index in [-0.39, 0.29) is 44.6 Å². The molecule has 1 aromatic rings. The van der Waals surface area contributed by atoms with Crippen LogP contribution in [0.4, 0.5) is 0 Å². The molecule has 1 unspecified atom stereocenters. The highest BCUT2D eigenvalue weighted by atomic mass is 79.9. The third-order valence-electron chi connectivity index (χ3n) is 16.2. The molecule has 6 rings (SSSR count). The molecule has 4 aliphatic carbocycles. The number of aromatic nitrogens is 3. The molecule has 9 heteroatoms. The Morgan fingerprint density at radius 2 is 1.81 bits per heavy atom. The summed E-state index contributed by atoms with van der Waals surface area (Å²) in [6.45, 7) is 26.6. The Hall–Kier alpha value is -1.29. The van der Waals surface area contributed by atoms with Crippen LogP contribution in [0.2, 0.25) is 0 Å². The fourth-order valence-corrected chi connectivity index (χ4v) is 12.5. The molecule has 48 heavy (non-hydrogen) atoms. The number of ether oxygens (including phenoxy) is 2. The van der Waals surface area contributed by atoms with Gasteiger partial charge in [-0.05, 0) is 107 Å². The number of halogens is 1. The Bertz CT molecular complexity index is 1450. The van der Waals surface area contributed by atoms with Crippen molar-refractivity contribution in [3.63, 3.8) is 0 Å². The van der Waals surface area contributed by atoms with Crippen LogP contribution in [-0.2, 0) is 14.3 Å². The molecule has 0 amide bonds. The van der Waals surface area contributed by atoms with E-state index < -0.39 is 17.4 Å². The summed E-state index contributed by atoms with van der Waals surface area (Å²) in [5.74, 6) is 0.408. The highest BCUT2D eigenvalue weighted by molar-refractivity contribution is 9.10. The molecule has 5 aliphatic rings. The van der Waals surface area contributed by atoms with E-state index in [4.69, 9.17) is 20.3 Å². The van der Waals surface area contributed by atoms with Gasteiger partial charge in [0.15, 0.2) is 4.73 Å². The SMILES string of the molecule is CC(C)[C@@H](C)[C@@]1(C)CC[C@]2(C)[C@H]3CC[C@H]4C5(C)COC[C@@]4(C[C@@H](n4ncnc4Br)[C@@H]5OC[C@](C)(N)C(C)(C)C)C3=CC[C@@]2(C)[C@@H]1C(=O)O. The van der Waals surface area contributed by atoms with E-state index in [1.165, 1.54) is 5.57 Å². The first-order chi connectivity index (χ1) is 22.1. The van der Waals surface area contributed by atoms with Crippen molar-refractivity contribution in [3.8, 4) is 0 Å². The zero-order chi connectivity index (χ0) is 35.5. The van der Waals surface area contributed by atoms with Crippen molar-refractivity contribution in [2.45, 2.75) is 132 Å². The Labute approximate surface area is 297 Å². The second kappa shape index (κ2) is 11.6. The normalized spacial score (nSPS) is 44.5. The first kappa shape index (κ1) is 36.5. The van der Waals surface area contributed by atoms with Crippen molar-refractivity contribution in [2.75, 3.05) is 19.8 Å². The van der Waals surface area contributed by atoms with Crippen molar-refractivity contribution in [3.05, 3.63) is 22.7 Å². The molecule has 1 aromatic heterocycles. The minimum Gasteiger partial charge on any atom is -0.481 e. The standard InChI is InChI=1S/C39H63BrN4O4/c1-23(2)24(3)34(7)16-17-36(9)25-12-13-28-35(8)19-47-21-39(28,26(25)14-15-37(36,10)29(34)31(45)46)18-27(44-32(40)42-22-43-44)30(35)48-20-38(11,41)33(4,5)6/h14,22-25,27-30H,12-13,15-21,41H2,1-11H3,(H,45,46)/t24-,25+,27-,28+,29-,30+,34-,35?,36-,37+,38+,39+/m1/s1. The van der Waals surface area contributed by atoms with E-state index >= 15 is 0 Å². The van der Waals surface area contributed by atoms with Gasteiger partial charge in [-0.2, -0.15) is 5.10 Å². The predicted octanol–water partition coefficient (Wildman–Crippen LogP) is 8.32. The van der Waals surface area contributed by atoms with Gasteiger partial charge in [-0.1, -0.05) is 80.9 Å². The van der Waals surface area contributed by atoms with E-state index in [1.807, 2.05) is 4.68 Å². The van der Waals surface area contributed by atoms with Gasteiger partial charge in [0, 0.05) is 16.4 Å². The third-order valence-corrected chi connectivity index (χ3v) is 16.8. The average molecular weight is 732 g/mol. The van der Waals surface area contributed by atoms with E-state index in [9.17, 15) is 9.90 Å². The fraction of sp³-hybridized carbons (Fsp3) is 0.872. The van der Waals surface area contributed by atoms with Crippen LogP contribution in [0.25, 0.3) is 0 Å². The van der Waals surface area contributed by atoms with Crippen LogP contribution in [0.5, 0.6) is 0 Å². The summed E-state index contributed by atoms with van der Waals surface area (Å²) in [5, 5.41) is 15.8. The fourth-order valence-electron chi connectivity index (χ4n) is 12.1. The van der Waals surface area contributed by atoms with Gasteiger partial charge in [0.2, 0.25) is 0 Å². The van der Waals surface area contributed by atoms with Crippen molar-refractivity contribution in [1.29, 1.82) is 0 Å². The number of carbonyl (C=O) groups is 1. The number of carboxylic acids is 1. The summed E-state index contributed by atoms with van der Waals surface area (Å²) < 4.78 is 16.5. The lowest BCUT2D eigenvalue weighted by Crippen LogP contribution is -2.69. The molecule has 2 heterocycles. The molecule has 3 N–H and O–H groups in total. The molecule has 4 fully saturated rings. The Morgan fingerprint density at radius 1 is 1.12 bits per heavy atom. The Kier molecular flexibility index (Phi) is 8.83. The molecular formula is C39H63BrN4O4. The molecule has 270 valence electrons. The molecule has 0 aromatic carbocycles. The van der Waals surface area contributed by atoms with E-state index in [0.717, 1.165) is 38.5 Å². The Morgan fingerprint density at radius 3 is 2.40 bits per heavy atom. The lowest BCUT2D eigenvalue weighted by Gasteiger charge is -2.71. The minimum absolute atomic E-state index is 0.0585. The molecule has 0 radical (unpaired) electrons. The maximum absolute atomic E-state index is 13.5. The number of hydrogen-bond acceptors (Lipinski definition) is 6. The zero-order valence-corrected chi connectivity index (χ0v) is 33.1. The monoisotopic (exact) mass is 730 g/mol. The van der Waals surface area contributed by atoms with Gasteiger partial charge in [0.05, 0.1) is 37.9 Å². The van der Waals surface area contributed by atoms with Gasteiger partial charge in [0.25, 0.3) is 0 Å². The number of fused-ring (bicyclic) bond motifs is 3. The van der Waals surface area contributed by atoms with Gasteiger partial charge in [-0.3, -0.25) is 4.79 Å². The second-order valence-electron chi connectivity index (χ2n) is 19.5. The molecular weight excluding hydrogens is 668 g/mol. The number of hydrogen-bond donors (Lipinski definition) is 2. The van der Waals surface area contributed by atoms with Crippen LogP contribution < -0.4 is 5.73 Å². The lowest BCUT2D eigenvalue weighted by atomic mass is 9.34. The number of rotatable bonds is 7. The number of aliphatic carboxylic acids is 1. The maximum atomic E-state index is 13.5. The molecule has 0 spiro atoms. The van der Waals surface area contributed by atoms with Crippen LogP contribution in [-0.4, -0.2) is 57.3 Å². The summed E-state index contributed by atoms with van der Waals surface area (Å²) in [6.07, 6.45) is 9.75. The van der Waals surface area contributed by atoms with Crippen LogP contribution in [0.1, 0.15) is 121 Å². The average Bonchev–Trinajstić information content (AvgIpc) is 3.41. The van der Waals surface area contributed by atoms with Crippen molar-refractivity contribution in [2.24, 2.45) is 67.8 Å². The summed E-state index contributed by atoms with van der Waals surface area (Å²) in [5.41, 5.74) is 6.59. The minimum atomic E-state index is -0.619. The van der Waals surface area contributed by atoms with Gasteiger partial charge >= 0.3 is 5.97 Å². The number of allylic oxidation sites excluding steroid dienone is 1. The highest BCUT2D eigenvalue weighted by Gasteiger charge is 2.72. The topological polar surface area (TPSA) is 112 Å². The summed E-state index contributed by atoms with van der Waals surface area (Å²) in [7, 11) is 0. The molecule has 1 saturated heterocycles. The maximum Gasteiger partial charge on any atom is 0.307 e. The highest BCUT2D eigenvalue weighted by Crippen LogP contribution is 2.75. The number of nitrogens with two attached hydrogens (primary N) is 1. The van der Waals surface area contributed by atoms with Crippen molar-refractivity contribution < 1.29 is 19.4 Å². The molecule has 2 bridgehead atoms. The van der Waals surface area contributed by atoms with E-state index in [0.29, 0.717) is 48.2 Å². The first-order valence-electron chi connectivity index (χ1n) is 18.6. The van der Waals surface area contributed by atoms with Crippen molar-refractivity contribution in [1.82, 2.24) is 14.8 Å². The van der Waals surface area contributed by atoms with Gasteiger partial charge < -0.3 is 20.3 Å². The van der Waals surface area contributed by atoms with Crippen LogP contribution in [0, 0.1) is 62.1 Å². The van der Waals surface area contributed by atoms with Crippen LogP contribution >= 0.6 is 15.9 Å². The molecule has 12 atom stereocenters. The lowest BCUT2D eigenvalue weighted by molar-refractivity contribution is -0.253. The number of nitrogens with zero attached hydrogens (tertiary/aromatic N) is 3. The second-order valence-corrected chi connectivity index (χ2v) is 20.2. The molecule has 3 saturated carbocycles. The quantitative estimate of drug-likeness (QED) is 0.271. The number of carboxylic acid groups (broad SMARTS) is 1. The summed E-state index contributed by atoms with van der Waals surface area (Å²) in [6, 6.07) is -0.0585. The van der Waals surface area contributed by atoms with Crippen LogP contribution in [0.3, 0.4) is 0 Å². The van der Waals surface area contributed by atoms with E-state index in [2.05, 4.69) is 103 Å². The van der Waals surface area contributed by atoms with Gasteiger partial charge in [0.1, 0.15) is 6.33 Å². The largest absolute Gasteiger partial charge is 0.481 e. The van der Waals surface area contributed by atoms with Gasteiger partial charge in [-0.15, -0.1) is 0 Å². The smallest absolute Gasteiger partial charge is 0.307 e. The van der Waals surface area contributed by atoms with Crippen molar-refractivity contribution >= 4 is 21.9 Å². The van der Waals surface area contributed by atoms with Gasteiger partial charge in [-0.25, -0.2) is 9.67 Å². The Balaban J connectivity index is 1.45. The zero-order valence-electron chi connectivity index (χ0n) is 31.5. The molecule has 1 aliphatic heterocycles. The van der Waals surface area contributed by atoms with E-state index in [1.54, 1.807) is 6.33 Å². The van der Waals surface area contributed by atoms with Crippen LogP contribution in [0.15, 0.2) is 22.7 Å². The first-order valence-corrected chi connectivity index (χ1v) is 19.4.